The summed E-state index contributed by atoms with van der Waals surface area (Å²) in [5, 5.41) is 11.1. The smallest absolute Gasteiger partial charge is 0.344 e. The molecule has 0 saturated carbocycles. The van der Waals surface area contributed by atoms with Gasteiger partial charge in [-0.2, -0.15) is 4.98 Å². The normalized spacial score (nSPS) is 18.1. The number of ether oxygens (including phenoxy) is 1. The van der Waals surface area contributed by atoms with Gasteiger partial charge in [-0.3, -0.25) is 4.57 Å². The summed E-state index contributed by atoms with van der Waals surface area (Å²) in [5.74, 6) is 1.76. The van der Waals surface area contributed by atoms with Crippen LogP contribution in [0.4, 0.5) is 0 Å². The number of thioether (sulfide) groups is 1. The topological polar surface area (TPSA) is 98.8 Å². The molecular weight excluding hydrogens is 306 g/mol. The fourth-order valence-corrected chi connectivity index (χ4v) is 3.16. The highest BCUT2D eigenvalue weighted by Crippen LogP contribution is 2.21. The Morgan fingerprint density at radius 1 is 1.50 bits per heavy atom. The highest BCUT2D eigenvalue weighted by molar-refractivity contribution is 7.98. The Bertz CT molecular complexity index is 659. The minimum absolute atomic E-state index is 0.0919. The lowest BCUT2D eigenvalue weighted by Gasteiger charge is -2.10. The van der Waals surface area contributed by atoms with Crippen LogP contribution < -0.4 is 5.69 Å². The maximum Gasteiger partial charge on any atom is 0.344 e. The zero-order valence-corrected chi connectivity index (χ0v) is 13.3. The third-order valence-corrected chi connectivity index (χ3v) is 4.40. The predicted molar refractivity (Wildman–Crippen MR) is 79.7 cm³/mol. The summed E-state index contributed by atoms with van der Waals surface area (Å²) < 4.78 is 12.4. The van der Waals surface area contributed by atoms with Crippen LogP contribution in [-0.2, 0) is 23.5 Å². The van der Waals surface area contributed by atoms with Gasteiger partial charge in [-0.05, 0) is 19.3 Å². The molecule has 120 valence electrons. The fourth-order valence-electron chi connectivity index (χ4n) is 2.37. The minimum Gasteiger partial charge on any atom is -0.376 e. The molecule has 1 unspecified atom stereocenters. The molecule has 1 aliphatic heterocycles. The molecule has 0 radical (unpaired) electrons. The van der Waals surface area contributed by atoms with E-state index < -0.39 is 0 Å². The van der Waals surface area contributed by atoms with E-state index in [2.05, 4.69) is 27.3 Å². The van der Waals surface area contributed by atoms with E-state index in [1.165, 1.54) is 11.8 Å². The Balaban J connectivity index is 1.63. The summed E-state index contributed by atoms with van der Waals surface area (Å²) in [6.07, 6.45) is 3.90. The standard InChI is InChI=1S/C13H19N5O3S/c1-2-4-10-14-11(21-17-10)8-22-13-16-15-12(19)18(13)7-9-5-3-6-20-9/h9H,2-8H2,1H3,(H,15,19). The first-order valence-electron chi connectivity index (χ1n) is 7.47. The summed E-state index contributed by atoms with van der Waals surface area (Å²) in [6.45, 7) is 3.36. The molecule has 22 heavy (non-hydrogen) atoms. The van der Waals surface area contributed by atoms with Crippen LogP contribution in [0.2, 0.25) is 0 Å². The molecular formula is C13H19N5O3S. The average Bonchev–Trinajstić information content (AvgIpc) is 3.23. The molecule has 0 aliphatic carbocycles. The molecule has 9 heteroatoms. The van der Waals surface area contributed by atoms with Crippen molar-refractivity contribution in [3.8, 4) is 0 Å². The molecule has 3 rings (SSSR count). The highest BCUT2D eigenvalue weighted by Gasteiger charge is 2.20. The van der Waals surface area contributed by atoms with Crippen LogP contribution in [0.25, 0.3) is 0 Å². The molecule has 2 aromatic rings. The summed E-state index contributed by atoms with van der Waals surface area (Å²) in [4.78, 5) is 16.2. The van der Waals surface area contributed by atoms with Crippen LogP contribution in [0.3, 0.4) is 0 Å². The molecule has 8 nitrogen and oxygen atoms in total. The van der Waals surface area contributed by atoms with Crippen LogP contribution in [-0.4, -0.2) is 37.6 Å². The summed E-state index contributed by atoms with van der Waals surface area (Å²) in [7, 11) is 0. The summed E-state index contributed by atoms with van der Waals surface area (Å²) in [6, 6.07) is 0. The molecule has 0 amide bonds. The second-order valence-electron chi connectivity index (χ2n) is 5.20. The molecule has 1 saturated heterocycles. The molecule has 2 aromatic heterocycles. The number of aryl methyl sites for hydroxylation is 1. The van der Waals surface area contributed by atoms with Crippen molar-refractivity contribution in [2.24, 2.45) is 0 Å². The van der Waals surface area contributed by atoms with E-state index in [9.17, 15) is 4.79 Å². The van der Waals surface area contributed by atoms with Gasteiger partial charge in [0, 0.05) is 13.0 Å². The van der Waals surface area contributed by atoms with Gasteiger partial charge in [0.15, 0.2) is 11.0 Å². The van der Waals surface area contributed by atoms with Crippen molar-refractivity contribution in [1.29, 1.82) is 0 Å². The number of rotatable bonds is 7. The van der Waals surface area contributed by atoms with Gasteiger partial charge >= 0.3 is 5.69 Å². The van der Waals surface area contributed by atoms with Crippen molar-refractivity contribution >= 4 is 11.8 Å². The fraction of sp³-hybridized carbons (Fsp3) is 0.692. The van der Waals surface area contributed by atoms with Crippen molar-refractivity contribution in [2.75, 3.05) is 6.61 Å². The van der Waals surface area contributed by atoms with E-state index in [1.807, 2.05) is 0 Å². The first-order valence-corrected chi connectivity index (χ1v) is 8.46. The number of hydrogen-bond acceptors (Lipinski definition) is 7. The largest absolute Gasteiger partial charge is 0.376 e. The molecule has 0 spiro atoms. The number of hydrogen-bond donors (Lipinski definition) is 1. The van der Waals surface area contributed by atoms with Gasteiger partial charge in [-0.15, -0.1) is 5.10 Å². The lowest BCUT2D eigenvalue weighted by molar-refractivity contribution is 0.0941. The predicted octanol–water partition coefficient (Wildman–Crippen LogP) is 1.38. The second-order valence-corrected chi connectivity index (χ2v) is 6.14. The van der Waals surface area contributed by atoms with E-state index >= 15 is 0 Å². The Morgan fingerprint density at radius 2 is 2.41 bits per heavy atom. The molecule has 1 aliphatic rings. The quantitative estimate of drug-likeness (QED) is 0.768. The van der Waals surface area contributed by atoms with Crippen LogP contribution in [0.5, 0.6) is 0 Å². The van der Waals surface area contributed by atoms with Crippen molar-refractivity contribution in [3.63, 3.8) is 0 Å². The van der Waals surface area contributed by atoms with Gasteiger partial charge < -0.3 is 9.26 Å². The zero-order chi connectivity index (χ0) is 15.4. The second kappa shape index (κ2) is 7.10. The van der Waals surface area contributed by atoms with E-state index in [4.69, 9.17) is 9.26 Å². The van der Waals surface area contributed by atoms with Gasteiger partial charge in [0.25, 0.3) is 0 Å². The molecule has 0 aromatic carbocycles. The SMILES string of the molecule is CCCc1noc(CSc2n[nH]c(=O)n2CC2CCCO2)n1. The molecule has 1 N–H and O–H groups in total. The lowest BCUT2D eigenvalue weighted by Crippen LogP contribution is -2.24. The Hall–Kier alpha value is -1.61. The van der Waals surface area contributed by atoms with Crippen LogP contribution in [0.1, 0.15) is 37.9 Å². The van der Waals surface area contributed by atoms with Gasteiger partial charge in [-0.1, -0.05) is 23.8 Å². The summed E-state index contributed by atoms with van der Waals surface area (Å²) >= 11 is 1.40. The molecule has 0 bridgehead atoms. The first kappa shape index (κ1) is 15.3. The van der Waals surface area contributed by atoms with Gasteiger partial charge in [0.05, 0.1) is 18.4 Å². The van der Waals surface area contributed by atoms with Gasteiger partial charge in [-0.25, -0.2) is 9.89 Å². The third kappa shape index (κ3) is 3.58. The zero-order valence-electron chi connectivity index (χ0n) is 12.4. The summed E-state index contributed by atoms with van der Waals surface area (Å²) in [5.41, 5.74) is -0.213. The van der Waals surface area contributed by atoms with Crippen molar-refractivity contribution < 1.29 is 9.26 Å². The van der Waals surface area contributed by atoms with Gasteiger partial charge in [0.1, 0.15) is 0 Å². The Labute approximate surface area is 131 Å². The van der Waals surface area contributed by atoms with Crippen molar-refractivity contribution in [1.82, 2.24) is 24.9 Å². The Kier molecular flexibility index (Phi) is 4.94. The maximum atomic E-state index is 11.9. The minimum atomic E-state index is -0.213. The number of aromatic amines is 1. The van der Waals surface area contributed by atoms with E-state index in [1.54, 1.807) is 4.57 Å². The molecule has 1 atom stereocenters. The number of nitrogens with zero attached hydrogens (tertiary/aromatic N) is 4. The van der Waals surface area contributed by atoms with Crippen molar-refractivity contribution in [2.45, 2.75) is 56.2 Å². The lowest BCUT2D eigenvalue weighted by atomic mass is 10.2. The number of nitrogens with one attached hydrogen (secondary N) is 1. The number of H-pyrrole nitrogens is 1. The van der Waals surface area contributed by atoms with Crippen LogP contribution in [0.15, 0.2) is 14.5 Å². The molecule has 3 heterocycles. The van der Waals surface area contributed by atoms with E-state index in [0.29, 0.717) is 23.3 Å². The highest BCUT2D eigenvalue weighted by atomic mass is 32.2. The van der Waals surface area contributed by atoms with Crippen molar-refractivity contribution in [3.05, 3.63) is 22.2 Å². The van der Waals surface area contributed by atoms with Crippen LogP contribution in [0, 0.1) is 0 Å². The average molecular weight is 325 g/mol. The Morgan fingerprint density at radius 3 is 3.18 bits per heavy atom. The monoisotopic (exact) mass is 325 g/mol. The first-order chi connectivity index (χ1) is 10.8. The number of aromatic nitrogens is 5. The van der Waals surface area contributed by atoms with E-state index in [0.717, 1.165) is 38.1 Å². The third-order valence-electron chi connectivity index (χ3n) is 3.44. The van der Waals surface area contributed by atoms with Crippen LogP contribution >= 0.6 is 11.8 Å². The molecule has 1 fully saturated rings. The maximum absolute atomic E-state index is 11.9. The van der Waals surface area contributed by atoms with E-state index in [-0.39, 0.29) is 11.8 Å². The van der Waals surface area contributed by atoms with Gasteiger partial charge in [0.2, 0.25) is 5.89 Å².